The minimum absolute atomic E-state index is 0.223. The minimum Gasteiger partial charge on any atom is -0.494 e. The van der Waals surface area contributed by atoms with Gasteiger partial charge in [0.05, 0.1) is 13.2 Å². The van der Waals surface area contributed by atoms with Gasteiger partial charge in [0.1, 0.15) is 17.1 Å². The number of methoxy groups -OCH3 is 1. The van der Waals surface area contributed by atoms with Crippen LogP contribution >= 0.6 is 0 Å². The average Bonchev–Trinajstić information content (AvgIpc) is 3.13. The van der Waals surface area contributed by atoms with Gasteiger partial charge in [0.25, 0.3) is 0 Å². The van der Waals surface area contributed by atoms with Gasteiger partial charge >= 0.3 is 0 Å². The number of hydrogen-bond acceptors (Lipinski definition) is 5. The highest BCUT2D eigenvalue weighted by Gasteiger charge is 2.41. The Morgan fingerprint density at radius 1 is 1.10 bits per heavy atom. The van der Waals surface area contributed by atoms with E-state index in [-0.39, 0.29) is 6.04 Å². The van der Waals surface area contributed by atoms with Crippen molar-refractivity contribution in [2.45, 2.75) is 44.3 Å². The van der Waals surface area contributed by atoms with Gasteiger partial charge in [-0.1, -0.05) is 49.2 Å². The molecule has 154 valence electrons. The lowest BCUT2D eigenvalue weighted by atomic mass is 9.91. The molecule has 5 rings (SSSR count). The fourth-order valence-electron chi connectivity index (χ4n) is 4.55. The van der Waals surface area contributed by atoms with E-state index in [0.29, 0.717) is 30.2 Å². The SMILES string of the molecule is COc1cccc2c(NCc3ccccc3)nc(N3C(=N)NC4CCCCC43)nc12. The molecule has 2 aliphatic rings. The second-order valence-corrected chi connectivity index (χ2v) is 7.89. The van der Waals surface area contributed by atoms with Gasteiger partial charge in [-0.05, 0) is 30.5 Å². The van der Waals surface area contributed by atoms with E-state index >= 15 is 0 Å². The van der Waals surface area contributed by atoms with Crippen molar-refractivity contribution >= 4 is 28.6 Å². The summed E-state index contributed by atoms with van der Waals surface area (Å²) in [6, 6.07) is 16.6. The number of ether oxygens (including phenoxy) is 1. The molecule has 1 saturated heterocycles. The van der Waals surface area contributed by atoms with E-state index in [1.165, 1.54) is 18.4 Å². The molecule has 2 unspecified atom stereocenters. The standard InChI is InChI=1S/C23H26N6O/c1-30-19-13-7-10-16-20(19)27-23(28-21(16)25-14-15-8-3-2-4-9-15)29-18-12-6-5-11-17(18)26-22(29)24/h2-4,7-10,13,17-18H,5-6,11-12,14H2,1H3,(H2,24,26)(H,25,27,28). The summed E-state index contributed by atoms with van der Waals surface area (Å²) in [4.78, 5) is 11.7. The lowest BCUT2D eigenvalue weighted by Crippen LogP contribution is -2.40. The summed E-state index contributed by atoms with van der Waals surface area (Å²) < 4.78 is 5.59. The van der Waals surface area contributed by atoms with Gasteiger partial charge in [0, 0.05) is 18.0 Å². The lowest BCUT2D eigenvalue weighted by molar-refractivity contribution is 0.389. The number of para-hydroxylation sites is 1. The molecule has 2 heterocycles. The number of anilines is 2. The first kappa shape index (κ1) is 18.7. The molecule has 0 bridgehead atoms. The molecule has 30 heavy (non-hydrogen) atoms. The zero-order chi connectivity index (χ0) is 20.5. The molecular formula is C23H26N6O. The minimum atomic E-state index is 0.223. The van der Waals surface area contributed by atoms with Gasteiger partial charge in [0.2, 0.25) is 5.95 Å². The molecule has 0 spiro atoms. The fraction of sp³-hybridized carbons (Fsp3) is 0.348. The maximum absolute atomic E-state index is 8.54. The zero-order valence-electron chi connectivity index (χ0n) is 17.1. The van der Waals surface area contributed by atoms with Crippen molar-refractivity contribution in [2.75, 3.05) is 17.3 Å². The van der Waals surface area contributed by atoms with E-state index in [0.717, 1.165) is 29.6 Å². The number of rotatable bonds is 5. The van der Waals surface area contributed by atoms with E-state index in [1.807, 2.05) is 41.3 Å². The summed E-state index contributed by atoms with van der Waals surface area (Å²) in [5.74, 6) is 2.40. The Hall–Kier alpha value is -3.35. The zero-order valence-corrected chi connectivity index (χ0v) is 17.1. The first-order valence-corrected chi connectivity index (χ1v) is 10.5. The van der Waals surface area contributed by atoms with Crippen LogP contribution in [0.1, 0.15) is 31.2 Å². The highest BCUT2D eigenvalue weighted by molar-refractivity contribution is 5.99. The summed E-state index contributed by atoms with van der Waals surface area (Å²) in [5, 5.41) is 16.3. The van der Waals surface area contributed by atoms with E-state index in [1.54, 1.807) is 7.11 Å². The van der Waals surface area contributed by atoms with E-state index in [2.05, 4.69) is 22.8 Å². The summed E-state index contributed by atoms with van der Waals surface area (Å²) in [5.41, 5.74) is 1.93. The molecule has 1 aromatic heterocycles. The normalized spacial score (nSPS) is 20.7. The number of benzene rings is 2. The Kier molecular flexibility index (Phi) is 4.86. The number of fused-ring (bicyclic) bond motifs is 2. The Morgan fingerprint density at radius 2 is 1.93 bits per heavy atom. The first-order valence-electron chi connectivity index (χ1n) is 10.5. The highest BCUT2D eigenvalue weighted by atomic mass is 16.5. The predicted molar refractivity (Wildman–Crippen MR) is 119 cm³/mol. The van der Waals surface area contributed by atoms with Gasteiger partial charge in [-0.2, -0.15) is 4.98 Å². The Bertz CT molecular complexity index is 1070. The summed E-state index contributed by atoms with van der Waals surface area (Å²) in [7, 11) is 1.66. The quantitative estimate of drug-likeness (QED) is 0.600. The van der Waals surface area contributed by atoms with Gasteiger partial charge < -0.3 is 15.4 Å². The van der Waals surface area contributed by atoms with Crippen LogP contribution in [0, 0.1) is 5.41 Å². The molecule has 3 aromatic rings. The van der Waals surface area contributed by atoms with Crippen LogP contribution < -0.4 is 20.3 Å². The predicted octanol–water partition coefficient (Wildman–Crippen LogP) is 3.91. The van der Waals surface area contributed by atoms with Crippen molar-refractivity contribution < 1.29 is 4.74 Å². The van der Waals surface area contributed by atoms with Crippen LogP contribution in [0.4, 0.5) is 11.8 Å². The molecule has 1 saturated carbocycles. The van der Waals surface area contributed by atoms with Crippen LogP contribution in [-0.4, -0.2) is 35.1 Å². The molecule has 2 fully saturated rings. The number of nitrogens with one attached hydrogen (secondary N) is 3. The monoisotopic (exact) mass is 402 g/mol. The third-order valence-electron chi connectivity index (χ3n) is 6.04. The van der Waals surface area contributed by atoms with Crippen LogP contribution in [0.15, 0.2) is 48.5 Å². The van der Waals surface area contributed by atoms with Crippen molar-refractivity contribution in [1.29, 1.82) is 5.41 Å². The molecular weight excluding hydrogens is 376 g/mol. The van der Waals surface area contributed by atoms with Gasteiger partial charge in [-0.15, -0.1) is 0 Å². The van der Waals surface area contributed by atoms with Gasteiger partial charge in [-0.3, -0.25) is 10.3 Å². The van der Waals surface area contributed by atoms with Crippen molar-refractivity contribution in [3.63, 3.8) is 0 Å². The van der Waals surface area contributed by atoms with E-state index in [9.17, 15) is 0 Å². The fourth-order valence-corrected chi connectivity index (χ4v) is 4.55. The van der Waals surface area contributed by atoms with Gasteiger partial charge in [0.15, 0.2) is 5.96 Å². The maximum atomic E-state index is 8.54. The summed E-state index contributed by atoms with van der Waals surface area (Å²) >= 11 is 0. The Morgan fingerprint density at radius 3 is 2.77 bits per heavy atom. The Labute approximate surface area is 176 Å². The molecule has 7 heteroatoms. The molecule has 1 aliphatic carbocycles. The maximum Gasteiger partial charge on any atom is 0.235 e. The van der Waals surface area contributed by atoms with Crippen LogP contribution in [0.3, 0.4) is 0 Å². The molecule has 2 atom stereocenters. The molecule has 1 aliphatic heterocycles. The van der Waals surface area contributed by atoms with Crippen molar-refractivity contribution in [3.8, 4) is 5.75 Å². The average molecular weight is 403 g/mol. The van der Waals surface area contributed by atoms with Crippen LogP contribution in [-0.2, 0) is 6.54 Å². The summed E-state index contributed by atoms with van der Waals surface area (Å²) in [6.45, 7) is 0.658. The molecule has 2 aromatic carbocycles. The van der Waals surface area contributed by atoms with Gasteiger partial charge in [-0.25, -0.2) is 4.98 Å². The van der Waals surface area contributed by atoms with E-state index in [4.69, 9.17) is 20.1 Å². The van der Waals surface area contributed by atoms with Crippen molar-refractivity contribution in [2.24, 2.45) is 0 Å². The number of nitrogens with zero attached hydrogens (tertiary/aromatic N) is 3. The number of guanidine groups is 1. The smallest absolute Gasteiger partial charge is 0.235 e. The van der Waals surface area contributed by atoms with Crippen molar-refractivity contribution in [3.05, 3.63) is 54.1 Å². The number of hydrogen-bond donors (Lipinski definition) is 3. The first-order chi connectivity index (χ1) is 14.7. The van der Waals surface area contributed by atoms with Crippen LogP contribution in [0.5, 0.6) is 5.75 Å². The summed E-state index contributed by atoms with van der Waals surface area (Å²) in [6.07, 6.45) is 4.49. The largest absolute Gasteiger partial charge is 0.494 e. The molecule has 3 N–H and O–H groups in total. The third kappa shape index (κ3) is 3.30. The van der Waals surface area contributed by atoms with Crippen LogP contribution in [0.25, 0.3) is 10.9 Å². The molecule has 7 nitrogen and oxygen atoms in total. The Balaban J connectivity index is 1.57. The van der Waals surface area contributed by atoms with E-state index < -0.39 is 0 Å². The van der Waals surface area contributed by atoms with Crippen molar-refractivity contribution in [1.82, 2.24) is 15.3 Å². The topological polar surface area (TPSA) is 86.2 Å². The molecule has 0 radical (unpaired) electrons. The second kappa shape index (κ2) is 7.82. The highest BCUT2D eigenvalue weighted by Crippen LogP contribution is 2.34. The molecule has 0 amide bonds. The second-order valence-electron chi connectivity index (χ2n) is 7.89. The van der Waals surface area contributed by atoms with Crippen LogP contribution in [0.2, 0.25) is 0 Å². The third-order valence-corrected chi connectivity index (χ3v) is 6.04. The lowest BCUT2D eigenvalue weighted by Gasteiger charge is -2.29. The number of aromatic nitrogens is 2.